The Kier molecular flexibility index (Phi) is 7.12. The van der Waals surface area contributed by atoms with Crippen LogP contribution in [0.5, 0.6) is 0 Å². The zero-order valence-electron chi connectivity index (χ0n) is 17.7. The molecule has 1 N–H and O–H groups in total. The molecule has 1 aliphatic rings. The second-order valence-corrected chi connectivity index (χ2v) is 9.07. The molecule has 2 amide bonds. The summed E-state index contributed by atoms with van der Waals surface area (Å²) in [6.45, 7) is 3.10. The molecule has 3 aromatic rings. The van der Waals surface area contributed by atoms with Gasteiger partial charge in [-0.2, -0.15) is 0 Å². The van der Waals surface area contributed by atoms with Crippen molar-refractivity contribution in [2.45, 2.75) is 24.9 Å². The molecule has 0 saturated carbocycles. The molecule has 1 fully saturated rings. The van der Waals surface area contributed by atoms with E-state index in [1.807, 2.05) is 64.9 Å². The van der Waals surface area contributed by atoms with Crippen molar-refractivity contribution in [3.63, 3.8) is 0 Å². The normalized spacial score (nSPS) is 14.4. The Bertz CT molecular complexity index is 1100. The van der Waals surface area contributed by atoms with E-state index >= 15 is 0 Å². The number of nitrogens with one attached hydrogen (secondary N) is 1. The molecule has 9 heteroatoms. The maximum Gasteiger partial charge on any atom is 0.233 e. The molecule has 32 heavy (non-hydrogen) atoms. The van der Waals surface area contributed by atoms with Crippen molar-refractivity contribution in [2.75, 3.05) is 24.2 Å². The molecule has 166 valence electrons. The predicted octanol–water partition coefficient (Wildman–Crippen LogP) is 4.20. The van der Waals surface area contributed by atoms with E-state index in [0.717, 1.165) is 16.9 Å². The Labute approximate surface area is 196 Å². The summed E-state index contributed by atoms with van der Waals surface area (Å²) >= 11 is 7.59. The van der Waals surface area contributed by atoms with E-state index in [0.29, 0.717) is 36.1 Å². The number of carbonyl (C=O) groups is 2. The summed E-state index contributed by atoms with van der Waals surface area (Å²) < 4.78 is 1.82. The Morgan fingerprint density at radius 3 is 2.62 bits per heavy atom. The van der Waals surface area contributed by atoms with Crippen molar-refractivity contribution < 1.29 is 9.59 Å². The number of nitrogens with zero attached hydrogens (tertiary/aromatic N) is 4. The molecule has 0 bridgehead atoms. The van der Waals surface area contributed by atoms with Crippen LogP contribution in [-0.4, -0.2) is 50.3 Å². The maximum atomic E-state index is 12.7. The van der Waals surface area contributed by atoms with Gasteiger partial charge in [0.1, 0.15) is 6.33 Å². The number of piperidine rings is 1. The van der Waals surface area contributed by atoms with Gasteiger partial charge in [-0.25, -0.2) is 0 Å². The minimum absolute atomic E-state index is 0.0162. The highest BCUT2D eigenvalue weighted by Crippen LogP contribution is 2.25. The minimum Gasteiger partial charge on any atom is -0.342 e. The van der Waals surface area contributed by atoms with E-state index in [9.17, 15) is 9.59 Å². The number of thioether (sulfide) groups is 1. The molecule has 2 heterocycles. The molecule has 4 rings (SSSR count). The zero-order chi connectivity index (χ0) is 22.5. The molecule has 1 aromatic heterocycles. The molecular formula is C23H24ClN5O2S. The smallest absolute Gasteiger partial charge is 0.233 e. The molecule has 0 spiro atoms. The van der Waals surface area contributed by atoms with E-state index in [1.165, 1.54) is 11.8 Å². The highest BCUT2D eigenvalue weighted by molar-refractivity contribution is 7.99. The standard InChI is InChI=1S/C23H24ClN5O2S/c1-16-7-8-19(13-20(16)24)29-15-25-27-23(29)32-14-21(30)28-11-9-17(10-12-28)22(31)26-18-5-3-2-4-6-18/h2-8,13,15,17H,9-12,14H2,1H3,(H,26,31). The second kappa shape index (κ2) is 10.2. The van der Waals surface area contributed by atoms with Crippen molar-refractivity contribution in [2.24, 2.45) is 5.92 Å². The molecule has 2 aromatic carbocycles. The average molecular weight is 470 g/mol. The van der Waals surface area contributed by atoms with Gasteiger partial charge in [-0.1, -0.05) is 47.6 Å². The first-order chi connectivity index (χ1) is 15.5. The molecule has 0 aliphatic carbocycles. The van der Waals surface area contributed by atoms with Gasteiger partial charge in [-0.05, 0) is 49.6 Å². The van der Waals surface area contributed by atoms with Gasteiger partial charge in [0.15, 0.2) is 5.16 Å². The fourth-order valence-corrected chi connectivity index (χ4v) is 4.61. The van der Waals surface area contributed by atoms with Crippen molar-refractivity contribution in [3.05, 3.63) is 65.4 Å². The van der Waals surface area contributed by atoms with Crippen molar-refractivity contribution >= 4 is 40.9 Å². The van der Waals surface area contributed by atoms with Gasteiger partial charge in [0.2, 0.25) is 11.8 Å². The van der Waals surface area contributed by atoms with Crippen LogP contribution in [0, 0.1) is 12.8 Å². The Morgan fingerprint density at radius 1 is 1.16 bits per heavy atom. The number of carbonyl (C=O) groups excluding carboxylic acids is 2. The summed E-state index contributed by atoms with van der Waals surface area (Å²) in [5.74, 6) is 0.233. The highest BCUT2D eigenvalue weighted by Gasteiger charge is 2.27. The Hall–Kier alpha value is -2.84. The van der Waals surface area contributed by atoms with Crippen LogP contribution in [0.25, 0.3) is 5.69 Å². The molecule has 0 radical (unpaired) electrons. The molecule has 0 atom stereocenters. The fourth-order valence-electron chi connectivity index (χ4n) is 3.61. The SMILES string of the molecule is Cc1ccc(-n2cnnc2SCC(=O)N2CCC(C(=O)Nc3ccccc3)CC2)cc1Cl. The van der Waals surface area contributed by atoms with E-state index in [2.05, 4.69) is 15.5 Å². The third-order valence-corrected chi connectivity index (χ3v) is 6.87. The summed E-state index contributed by atoms with van der Waals surface area (Å²) in [4.78, 5) is 27.1. The lowest BCUT2D eigenvalue weighted by Crippen LogP contribution is -2.42. The van der Waals surface area contributed by atoms with E-state index in [1.54, 1.807) is 6.33 Å². The third-order valence-electron chi connectivity index (χ3n) is 5.53. The number of benzene rings is 2. The van der Waals surface area contributed by atoms with Crippen molar-refractivity contribution in [1.82, 2.24) is 19.7 Å². The van der Waals surface area contributed by atoms with E-state index in [4.69, 9.17) is 11.6 Å². The zero-order valence-corrected chi connectivity index (χ0v) is 19.3. The number of aromatic nitrogens is 3. The molecule has 1 saturated heterocycles. The van der Waals surface area contributed by atoms with Crippen LogP contribution in [0.2, 0.25) is 5.02 Å². The van der Waals surface area contributed by atoms with Crippen LogP contribution in [0.1, 0.15) is 18.4 Å². The van der Waals surface area contributed by atoms with Gasteiger partial charge < -0.3 is 10.2 Å². The summed E-state index contributed by atoms with van der Waals surface area (Å²) in [5.41, 5.74) is 2.64. The monoisotopic (exact) mass is 469 g/mol. The number of anilines is 1. The van der Waals surface area contributed by atoms with Crippen LogP contribution >= 0.6 is 23.4 Å². The molecule has 7 nitrogen and oxygen atoms in total. The van der Waals surface area contributed by atoms with Gasteiger partial charge in [0, 0.05) is 29.7 Å². The van der Waals surface area contributed by atoms with Gasteiger partial charge in [-0.3, -0.25) is 14.2 Å². The lowest BCUT2D eigenvalue weighted by atomic mass is 9.96. The van der Waals surface area contributed by atoms with Crippen LogP contribution in [0.4, 0.5) is 5.69 Å². The van der Waals surface area contributed by atoms with E-state index < -0.39 is 0 Å². The number of hydrogen-bond acceptors (Lipinski definition) is 5. The summed E-state index contributed by atoms with van der Waals surface area (Å²) in [5, 5.41) is 12.4. The fraction of sp³-hybridized carbons (Fsp3) is 0.304. The number of hydrogen-bond donors (Lipinski definition) is 1. The van der Waals surface area contributed by atoms with E-state index in [-0.39, 0.29) is 23.5 Å². The highest BCUT2D eigenvalue weighted by atomic mass is 35.5. The topological polar surface area (TPSA) is 80.1 Å². The van der Waals surface area contributed by atoms with Crippen LogP contribution in [0.15, 0.2) is 60.0 Å². The van der Waals surface area contributed by atoms with Crippen molar-refractivity contribution in [1.29, 1.82) is 0 Å². The molecule has 0 unspecified atom stereocenters. The van der Waals surface area contributed by atoms with Crippen LogP contribution in [-0.2, 0) is 9.59 Å². The quantitative estimate of drug-likeness (QED) is 0.547. The predicted molar refractivity (Wildman–Crippen MR) is 126 cm³/mol. The number of likely N-dealkylation sites (tertiary alicyclic amines) is 1. The Balaban J connectivity index is 1.28. The van der Waals surface area contributed by atoms with Gasteiger partial charge in [0.25, 0.3) is 0 Å². The van der Waals surface area contributed by atoms with Gasteiger partial charge in [-0.15, -0.1) is 10.2 Å². The largest absolute Gasteiger partial charge is 0.342 e. The summed E-state index contributed by atoms with van der Waals surface area (Å²) in [7, 11) is 0. The molecule has 1 aliphatic heterocycles. The number of halogens is 1. The van der Waals surface area contributed by atoms with Gasteiger partial charge in [0.05, 0.1) is 11.4 Å². The Morgan fingerprint density at radius 2 is 1.91 bits per heavy atom. The average Bonchev–Trinajstić information content (AvgIpc) is 3.28. The number of amides is 2. The number of rotatable bonds is 6. The first-order valence-corrected chi connectivity index (χ1v) is 11.8. The molecular weight excluding hydrogens is 446 g/mol. The summed E-state index contributed by atoms with van der Waals surface area (Å²) in [6, 6.07) is 15.2. The lowest BCUT2D eigenvalue weighted by Gasteiger charge is -2.31. The van der Waals surface area contributed by atoms with Gasteiger partial charge >= 0.3 is 0 Å². The number of para-hydroxylation sites is 1. The minimum atomic E-state index is -0.0821. The maximum absolute atomic E-state index is 12.7. The second-order valence-electron chi connectivity index (χ2n) is 7.72. The lowest BCUT2D eigenvalue weighted by molar-refractivity contribution is -0.132. The number of aryl methyl sites for hydroxylation is 1. The first kappa shape index (κ1) is 22.4. The van der Waals surface area contributed by atoms with Crippen LogP contribution in [0.3, 0.4) is 0 Å². The van der Waals surface area contributed by atoms with Crippen molar-refractivity contribution in [3.8, 4) is 5.69 Å². The first-order valence-electron chi connectivity index (χ1n) is 10.4. The van der Waals surface area contributed by atoms with Crippen LogP contribution < -0.4 is 5.32 Å². The third kappa shape index (κ3) is 5.31. The summed E-state index contributed by atoms with van der Waals surface area (Å²) in [6.07, 6.45) is 2.94.